The topological polar surface area (TPSA) is 51.2 Å². The molecule has 0 spiro atoms. The number of aryl methyl sites for hydroxylation is 2. The maximum absolute atomic E-state index is 12.8. The predicted octanol–water partition coefficient (Wildman–Crippen LogP) is 6.56. The first kappa shape index (κ1) is 18.9. The molecule has 142 valence electrons. The van der Waals surface area contributed by atoms with E-state index in [9.17, 15) is 4.79 Å². The third kappa shape index (κ3) is 3.51. The van der Waals surface area contributed by atoms with Crippen molar-refractivity contribution in [1.29, 1.82) is 0 Å². The monoisotopic (exact) mass is 428 g/mol. The van der Waals surface area contributed by atoms with E-state index in [0.717, 1.165) is 21.3 Å². The minimum Gasteiger partial charge on any atom is -0.497 e. The first-order valence-electron chi connectivity index (χ1n) is 8.57. The van der Waals surface area contributed by atoms with E-state index in [2.05, 4.69) is 36.3 Å². The molecular formula is C21H17ClN2O2S2. The summed E-state index contributed by atoms with van der Waals surface area (Å²) in [6, 6.07) is 11.8. The highest BCUT2D eigenvalue weighted by Crippen LogP contribution is 2.38. The molecule has 0 saturated heterocycles. The van der Waals surface area contributed by atoms with E-state index in [0.29, 0.717) is 20.8 Å². The van der Waals surface area contributed by atoms with Crippen LogP contribution in [0, 0.1) is 13.8 Å². The highest BCUT2D eigenvalue weighted by Gasteiger charge is 2.19. The molecular weight excluding hydrogens is 412 g/mol. The summed E-state index contributed by atoms with van der Waals surface area (Å²) in [5, 5.41) is 6.60. The molecule has 0 saturated carbocycles. The standard InChI is InChI=1S/C21H17ClN2O2S2/c1-11-4-5-13(8-12(11)2)16-10-27-21(23-16)24-20(25)19-18(22)15-9-14(26-3)6-7-17(15)28-19/h4-10H,1-3H3,(H,23,24,25). The number of benzene rings is 2. The number of thiazole rings is 1. The lowest BCUT2D eigenvalue weighted by Gasteiger charge is -2.02. The van der Waals surface area contributed by atoms with Gasteiger partial charge in [-0.25, -0.2) is 4.98 Å². The zero-order valence-electron chi connectivity index (χ0n) is 15.5. The predicted molar refractivity (Wildman–Crippen MR) is 118 cm³/mol. The van der Waals surface area contributed by atoms with Crippen molar-refractivity contribution in [2.75, 3.05) is 12.4 Å². The normalized spacial score (nSPS) is 11.0. The van der Waals surface area contributed by atoms with Crippen molar-refractivity contribution < 1.29 is 9.53 Å². The van der Waals surface area contributed by atoms with Gasteiger partial charge in [-0.1, -0.05) is 23.7 Å². The summed E-state index contributed by atoms with van der Waals surface area (Å²) in [6.45, 7) is 4.16. The molecule has 7 heteroatoms. The summed E-state index contributed by atoms with van der Waals surface area (Å²) in [7, 11) is 1.60. The number of carbonyl (C=O) groups is 1. The Morgan fingerprint density at radius 1 is 1.14 bits per heavy atom. The Morgan fingerprint density at radius 3 is 2.71 bits per heavy atom. The van der Waals surface area contributed by atoms with Gasteiger partial charge in [0.15, 0.2) is 5.13 Å². The van der Waals surface area contributed by atoms with Crippen molar-refractivity contribution in [1.82, 2.24) is 4.98 Å². The number of thiophene rings is 1. The Bertz CT molecular complexity index is 1200. The van der Waals surface area contributed by atoms with Crippen LogP contribution in [0.25, 0.3) is 21.3 Å². The number of anilines is 1. The van der Waals surface area contributed by atoms with E-state index in [1.807, 2.05) is 29.6 Å². The van der Waals surface area contributed by atoms with Gasteiger partial charge in [-0.05, 0) is 49.2 Å². The Hall–Kier alpha value is -2.41. The Kier molecular flexibility index (Phi) is 5.10. The molecule has 2 heterocycles. The molecule has 0 radical (unpaired) electrons. The molecule has 4 aromatic rings. The molecule has 4 nitrogen and oxygen atoms in total. The maximum Gasteiger partial charge on any atom is 0.269 e. The van der Waals surface area contributed by atoms with Crippen molar-refractivity contribution in [2.45, 2.75) is 13.8 Å². The van der Waals surface area contributed by atoms with Crippen LogP contribution in [-0.2, 0) is 0 Å². The molecule has 0 atom stereocenters. The summed E-state index contributed by atoms with van der Waals surface area (Å²) in [5.41, 5.74) is 4.33. The molecule has 1 amide bonds. The van der Waals surface area contributed by atoms with Crippen LogP contribution in [0.2, 0.25) is 5.02 Å². The number of fused-ring (bicyclic) bond motifs is 1. The highest BCUT2D eigenvalue weighted by molar-refractivity contribution is 7.22. The molecule has 0 bridgehead atoms. The van der Waals surface area contributed by atoms with Gasteiger partial charge in [-0.15, -0.1) is 22.7 Å². The molecule has 0 aliphatic rings. The first-order valence-corrected chi connectivity index (χ1v) is 10.6. The second-order valence-electron chi connectivity index (χ2n) is 6.40. The lowest BCUT2D eigenvalue weighted by atomic mass is 10.1. The Labute approximate surface area is 175 Å². The summed E-state index contributed by atoms with van der Waals surface area (Å²) in [6.07, 6.45) is 0. The van der Waals surface area contributed by atoms with Crippen molar-refractivity contribution in [3.05, 3.63) is 62.8 Å². The molecule has 4 rings (SSSR count). The summed E-state index contributed by atoms with van der Waals surface area (Å²) >= 11 is 9.21. The van der Waals surface area contributed by atoms with Crippen molar-refractivity contribution in [3.63, 3.8) is 0 Å². The Balaban J connectivity index is 1.59. The van der Waals surface area contributed by atoms with Crippen LogP contribution in [0.4, 0.5) is 5.13 Å². The van der Waals surface area contributed by atoms with E-state index in [1.165, 1.54) is 33.8 Å². The van der Waals surface area contributed by atoms with Crippen LogP contribution in [0.5, 0.6) is 5.75 Å². The van der Waals surface area contributed by atoms with Gasteiger partial charge in [-0.3, -0.25) is 10.1 Å². The largest absolute Gasteiger partial charge is 0.497 e. The van der Waals surface area contributed by atoms with Crippen LogP contribution >= 0.6 is 34.3 Å². The average Bonchev–Trinajstić information content (AvgIpc) is 3.28. The van der Waals surface area contributed by atoms with Gasteiger partial charge in [-0.2, -0.15) is 0 Å². The summed E-state index contributed by atoms with van der Waals surface area (Å²) < 4.78 is 6.18. The third-order valence-electron chi connectivity index (χ3n) is 4.57. The van der Waals surface area contributed by atoms with Crippen LogP contribution in [-0.4, -0.2) is 18.0 Å². The quantitative estimate of drug-likeness (QED) is 0.400. The fourth-order valence-electron chi connectivity index (χ4n) is 2.84. The molecule has 28 heavy (non-hydrogen) atoms. The van der Waals surface area contributed by atoms with E-state index >= 15 is 0 Å². The third-order valence-corrected chi connectivity index (χ3v) is 7.00. The number of hydrogen-bond donors (Lipinski definition) is 1. The van der Waals surface area contributed by atoms with E-state index in [1.54, 1.807) is 7.11 Å². The number of nitrogens with zero attached hydrogens (tertiary/aromatic N) is 1. The minimum absolute atomic E-state index is 0.258. The van der Waals surface area contributed by atoms with Crippen molar-refractivity contribution in [3.8, 4) is 17.0 Å². The second-order valence-corrected chi connectivity index (χ2v) is 8.69. The van der Waals surface area contributed by atoms with Gasteiger partial charge in [0.25, 0.3) is 5.91 Å². The number of ether oxygens (including phenoxy) is 1. The van der Waals surface area contributed by atoms with Crippen LogP contribution in [0.3, 0.4) is 0 Å². The van der Waals surface area contributed by atoms with Crippen molar-refractivity contribution in [2.24, 2.45) is 0 Å². The zero-order valence-corrected chi connectivity index (χ0v) is 17.9. The molecule has 2 aromatic heterocycles. The summed E-state index contributed by atoms with van der Waals surface area (Å²) in [4.78, 5) is 17.8. The molecule has 2 aromatic carbocycles. The molecule has 0 unspecified atom stereocenters. The van der Waals surface area contributed by atoms with Crippen LogP contribution < -0.4 is 10.1 Å². The Morgan fingerprint density at radius 2 is 1.96 bits per heavy atom. The van der Waals surface area contributed by atoms with Gasteiger partial charge in [0.1, 0.15) is 10.6 Å². The number of methoxy groups -OCH3 is 1. The zero-order chi connectivity index (χ0) is 19.8. The number of rotatable bonds is 4. The first-order chi connectivity index (χ1) is 13.5. The van der Waals surface area contributed by atoms with E-state index < -0.39 is 0 Å². The second kappa shape index (κ2) is 7.54. The van der Waals surface area contributed by atoms with Gasteiger partial charge < -0.3 is 4.74 Å². The smallest absolute Gasteiger partial charge is 0.269 e. The lowest BCUT2D eigenvalue weighted by molar-refractivity contribution is 0.103. The number of carbonyl (C=O) groups excluding carboxylic acids is 1. The van der Waals surface area contributed by atoms with Gasteiger partial charge >= 0.3 is 0 Å². The van der Waals surface area contributed by atoms with Crippen LogP contribution in [0.1, 0.15) is 20.8 Å². The average molecular weight is 429 g/mol. The number of aromatic nitrogens is 1. The van der Waals surface area contributed by atoms with E-state index in [4.69, 9.17) is 16.3 Å². The number of hydrogen-bond acceptors (Lipinski definition) is 5. The van der Waals surface area contributed by atoms with Gasteiger partial charge in [0.05, 0.1) is 17.8 Å². The molecule has 0 aliphatic heterocycles. The number of amides is 1. The SMILES string of the molecule is COc1ccc2sc(C(=O)Nc3nc(-c4ccc(C)c(C)c4)cs3)c(Cl)c2c1. The molecule has 0 fully saturated rings. The molecule has 0 aliphatic carbocycles. The maximum atomic E-state index is 12.8. The number of halogens is 1. The van der Waals surface area contributed by atoms with Gasteiger partial charge in [0.2, 0.25) is 0 Å². The fourth-order valence-corrected chi connectivity index (χ4v) is 4.94. The van der Waals surface area contributed by atoms with E-state index in [-0.39, 0.29) is 5.91 Å². The minimum atomic E-state index is -0.258. The summed E-state index contributed by atoms with van der Waals surface area (Å²) in [5.74, 6) is 0.447. The number of nitrogens with one attached hydrogen (secondary N) is 1. The molecule has 1 N–H and O–H groups in total. The fraction of sp³-hybridized carbons (Fsp3) is 0.143. The lowest BCUT2D eigenvalue weighted by Crippen LogP contribution is -2.10. The van der Waals surface area contributed by atoms with Crippen molar-refractivity contribution >= 4 is 55.4 Å². The highest BCUT2D eigenvalue weighted by atomic mass is 35.5. The van der Waals surface area contributed by atoms with Crippen LogP contribution in [0.15, 0.2) is 41.8 Å². The van der Waals surface area contributed by atoms with Gasteiger partial charge in [0, 0.05) is 21.0 Å².